The van der Waals surface area contributed by atoms with Gasteiger partial charge in [0.25, 0.3) is 0 Å². The number of benzene rings is 2. The molecule has 0 bridgehead atoms. The van der Waals surface area contributed by atoms with Crippen LogP contribution in [0.2, 0.25) is 0 Å². The summed E-state index contributed by atoms with van der Waals surface area (Å²) in [5.74, 6) is 0. The first kappa shape index (κ1) is 12.5. The van der Waals surface area contributed by atoms with E-state index in [4.69, 9.17) is 0 Å². The van der Waals surface area contributed by atoms with Crippen LogP contribution in [0.5, 0.6) is 0 Å². The molecule has 1 heterocycles. The van der Waals surface area contributed by atoms with Gasteiger partial charge in [0, 0.05) is 11.6 Å². The van der Waals surface area contributed by atoms with E-state index in [0.29, 0.717) is 0 Å². The van der Waals surface area contributed by atoms with Crippen LogP contribution in [0.15, 0.2) is 54.7 Å². The molecule has 4 rings (SSSR count). The molecule has 1 aromatic heterocycles. The Hall–Kier alpha value is -2.19. The fourth-order valence-electron chi connectivity index (χ4n) is 3.21. The van der Waals surface area contributed by atoms with Gasteiger partial charge in [0.05, 0.1) is 5.52 Å². The first-order chi connectivity index (χ1) is 10.3. The number of aryl methyl sites for hydroxylation is 2. The molecule has 2 nitrogen and oxygen atoms in total. The summed E-state index contributed by atoms with van der Waals surface area (Å²) in [6.07, 6.45) is 4.74. The van der Waals surface area contributed by atoms with Crippen molar-refractivity contribution in [2.24, 2.45) is 0 Å². The summed E-state index contributed by atoms with van der Waals surface area (Å²) in [6.45, 7) is 0. The average Bonchev–Trinajstić information content (AvgIpc) is 3.01. The second-order valence-electron chi connectivity index (χ2n) is 5.74. The summed E-state index contributed by atoms with van der Waals surface area (Å²) in [5.41, 5.74) is 5.64. The Morgan fingerprint density at radius 3 is 2.67 bits per heavy atom. The van der Waals surface area contributed by atoms with Crippen molar-refractivity contribution in [1.29, 1.82) is 0 Å². The topological polar surface area (TPSA) is 33.1 Å². The quantitative estimate of drug-likeness (QED) is 0.771. The van der Waals surface area contributed by atoms with Crippen LogP contribution in [0.1, 0.15) is 34.8 Å². The molecule has 0 fully saturated rings. The highest BCUT2D eigenvalue weighted by atomic mass is 16.3. The standard InChI is InChI=1S/C19H17NO/c21-19(16-8-6-13-3-1-4-15(13)11-16)17-9-7-14-5-2-10-20-18(14)12-17/h2,5-12,19,21H,1,3-4H2. The van der Waals surface area contributed by atoms with Gasteiger partial charge in [-0.05, 0) is 53.6 Å². The van der Waals surface area contributed by atoms with Gasteiger partial charge in [0.1, 0.15) is 6.10 Å². The van der Waals surface area contributed by atoms with E-state index in [9.17, 15) is 5.11 Å². The maximum Gasteiger partial charge on any atom is 0.104 e. The van der Waals surface area contributed by atoms with Crippen LogP contribution in [0, 0.1) is 0 Å². The van der Waals surface area contributed by atoms with Crippen molar-refractivity contribution in [3.05, 3.63) is 77.0 Å². The third-order valence-corrected chi connectivity index (χ3v) is 4.38. The largest absolute Gasteiger partial charge is 0.384 e. The number of aromatic nitrogens is 1. The van der Waals surface area contributed by atoms with Gasteiger partial charge >= 0.3 is 0 Å². The maximum atomic E-state index is 10.7. The molecule has 1 aliphatic carbocycles. The number of rotatable bonds is 2. The first-order valence-corrected chi connectivity index (χ1v) is 7.46. The van der Waals surface area contributed by atoms with E-state index in [2.05, 4.69) is 23.2 Å². The molecule has 2 heteroatoms. The summed E-state index contributed by atoms with van der Waals surface area (Å²) in [6, 6.07) is 16.3. The number of hydrogen-bond acceptors (Lipinski definition) is 2. The zero-order valence-corrected chi connectivity index (χ0v) is 11.8. The van der Waals surface area contributed by atoms with Gasteiger partial charge < -0.3 is 5.11 Å². The molecule has 0 saturated heterocycles. The highest BCUT2D eigenvalue weighted by Crippen LogP contribution is 2.29. The third kappa shape index (κ3) is 2.22. The SMILES string of the molecule is OC(c1ccc2c(c1)CCC2)c1ccc2cccnc2c1. The summed E-state index contributed by atoms with van der Waals surface area (Å²) in [5, 5.41) is 11.8. The monoisotopic (exact) mass is 275 g/mol. The van der Waals surface area contributed by atoms with E-state index < -0.39 is 6.10 Å². The minimum atomic E-state index is -0.581. The lowest BCUT2D eigenvalue weighted by atomic mass is 9.97. The first-order valence-electron chi connectivity index (χ1n) is 7.46. The van der Waals surface area contributed by atoms with Crippen molar-refractivity contribution in [1.82, 2.24) is 4.98 Å². The molecular weight excluding hydrogens is 258 g/mol. The predicted octanol–water partition coefficient (Wildman–Crippen LogP) is 3.81. The highest BCUT2D eigenvalue weighted by molar-refractivity contribution is 5.79. The van der Waals surface area contributed by atoms with E-state index in [1.165, 1.54) is 24.0 Å². The summed E-state index contributed by atoms with van der Waals surface area (Å²) < 4.78 is 0. The molecule has 0 spiro atoms. The van der Waals surface area contributed by atoms with E-state index in [0.717, 1.165) is 28.5 Å². The van der Waals surface area contributed by atoms with Crippen LogP contribution < -0.4 is 0 Å². The molecule has 1 unspecified atom stereocenters. The Morgan fingerprint density at radius 2 is 1.71 bits per heavy atom. The van der Waals surface area contributed by atoms with Crippen molar-refractivity contribution in [2.45, 2.75) is 25.4 Å². The van der Waals surface area contributed by atoms with Crippen LogP contribution >= 0.6 is 0 Å². The van der Waals surface area contributed by atoms with E-state index in [1.807, 2.05) is 30.3 Å². The summed E-state index contributed by atoms with van der Waals surface area (Å²) >= 11 is 0. The van der Waals surface area contributed by atoms with Crippen molar-refractivity contribution >= 4 is 10.9 Å². The summed E-state index contributed by atoms with van der Waals surface area (Å²) in [7, 11) is 0. The molecule has 0 radical (unpaired) electrons. The van der Waals surface area contributed by atoms with Gasteiger partial charge in [-0.3, -0.25) is 4.98 Å². The molecule has 2 aromatic carbocycles. The van der Waals surface area contributed by atoms with E-state index >= 15 is 0 Å². The van der Waals surface area contributed by atoms with Crippen molar-refractivity contribution in [3.63, 3.8) is 0 Å². The zero-order chi connectivity index (χ0) is 14.2. The van der Waals surface area contributed by atoms with Crippen LogP contribution in [-0.2, 0) is 12.8 Å². The molecule has 1 N–H and O–H groups in total. The lowest BCUT2D eigenvalue weighted by molar-refractivity contribution is 0.220. The minimum absolute atomic E-state index is 0.581. The zero-order valence-electron chi connectivity index (χ0n) is 11.8. The molecule has 1 atom stereocenters. The van der Waals surface area contributed by atoms with Gasteiger partial charge in [-0.1, -0.05) is 36.4 Å². The number of nitrogens with zero attached hydrogens (tertiary/aromatic N) is 1. The molecule has 1 aliphatic rings. The lowest BCUT2D eigenvalue weighted by Gasteiger charge is -2.13. The second-order valence-corrected chi connectivity index (χ2v) is 5.74. The average molecular weight is 275 g/mol. The summed E-state index contributed by atoms with van der Waals surface area (Å²) in [4.78, 5) is 4.36. The van der Waals surface area contributed by atoms with E-state index in [1.54, 1.807) is 6.20 Å². The van der Waals surface area contributed by atoms with Crippen LogP contribution in [0.4, 0.5) is 0 Å². The number of hydrogen-bond donors (Lipinski definition) is 1. The Kier molecular flexibility index (Phi) is 2.97. The Balaban J connectivity index is 1.73. The number of aliphatic hydroxyl groups excluding tert-OH is 1. The van der Waals surface area contributed by atoms with Crippen LogP contribution in [0.25, 0.3) is 10.9 Å². The smallest absolute Gasteiger partial charge is 0.104 e. The van der Waals surface area contributed by atoms with Crippen molar-refractivity contribution < 1.29 is 5.11 Å². The third-order valence-electron chi connectivity index (χ3n) is 4.38. The minimum Gasteiger partial charge on any atom is -0.384 e. The van der Waals surface area contributed by atoms with E-state index in [-0.39, 0.29) is 0 Å². The molecule has 3 aromatic rings. The van der Waals surface area contributed by atoms with Gasteiger partial charge in [0.15, 0.2) is 0 Å². The Morgan fingerprint density at radius 1 is 0.905 bits per heavy atom. The number of fused-ring (bicyclic) bond motifs is 2. The number of aliphatic hydroxyl groups is 1. The van der Waals surface area contributed by atoms with Gasteiger partial charge in [-0.15, -0.1) is 0 Å². The number of pyridine rings is 1. The van der Waals surface area contributed by atoms with Gasteiger partial charge in [0.2, 0.25) is 0 Å². The van der Waals surface area contributed by atoms with Crippen LogP contribution in [-0.4, -0.2) is 10.1 Å². The molecule has 21 heavy (non-hydrogen) atoms. The predicted molar refractivity (Wildman–Crippen MR) is 84.3 cm³/mol. The maximum absolute atomic E-state index is 10.7. The molecule has 0 saturated carbocycles. The highest BCUT2D eigenvalue weighted by Gasteiger charge is 2.16. The fourth-order valence-corrected chi connectivity index (χ4v) is 3.21. The van der Waals surface area contributed by atoms with Crippen molar-refractivity contribution in [2.75, 3.05) is 0 Å². The normalized spacial score (nSPS) is 15.1. The Bertz CT molecular complexity index is 810. The lowest BCUT2D eigenvalue weighted by Crippen LogP contribution is -2.01. The molecule has 104 valence electrons. The van der Waals surface area contributed by atoms with Gasteiger partial charge in [-0.2, -0.15) is 0 Å². The Labute approximate surface area is 124 Å². The molecular formula is C19H17NO. The van der Waals surface area contributed by atoms with Gasteiger partial charge in [-0.25, -0.2) is 0 Å². The fraction of sp³-hybridized carbons (Fsp3) is 0.211. The second kappa shape index (κ2) is 4.97. The molecule has 0 aliphatic heterocycles. The van der Waals surface area contributed by atoms with Crippen LogP contribution in [0.3, 0.4) is 0 Å². The van der Waals surface area contributed by atoms with Crippen molar-refractivity contribution in [3.8, 4) is 0 Å². The molecule has 0 amide bonds.